The maximum atomic E-state index is 12.5. The van der Waals surface area contributed by atoms with Crippen LogP contribution in [-0.4, -0.2) is 39.4 Å². The van der Waals surface area contributed by atoms with Gasteiger partial charge in [0.2, 0.25) is 5.91 Å². The number of benzene rings is 1. The van der Waals surface area contributed by atoms with Gasteiger partial charge in [0, 0.05) is 12.2 Å². The lowest BCUT2D eigenvalue weighted by atomic mass is 10.2. The molecule has 1 atom stereocenters. The second-order valence-electron chi connectivity index (χ2n) is 5.56. The van der Waals surface area contributed by atoms with Crippen molar-refractivity contribution >= 4 is 17.5 Å². The first-order valence-corrected chi connectivity index (χ1v) is 7.67. The van der Waals surface area contributed by atoms with Gasteiger partial charge in [-0.1, -0.05) is 17.7 Å². The van der Waals surface area contributed by atoms with Crippen molar-refractivity contribution in [2.45, 2.75) is 32.9 Å². The summed E-state index contributed by atoms with van der Waals surface area (Å²) in [6.07, 6.45) is 2.00. The maximum absolute atomic E-state index is 12.5. The van der Waals surface area contributed by atoms with Crippen molar-refractivity contribution in [3.8, 4) is 0 Å². The third kappa shape index (κ3) is 3.08. The Morgan fingerprint density at radius 2 is 2.09 bits per heavy atom. The molecule has 1 aromatic heterocycles. The largest absolute Gasteiger partial charge is 0.339 e. The van der Waals surface area contributed by atoms with E-state index in [4.69, 9.17) is 0 Å². The van der Waals surface area contributed by atoms with Gasteiger partial charge < -0.3 is 10.2 Å². The van der Waals surface area contributed by atoms with Gasteiger partial charge in [0.05, 0.1) is 12.7 Å². The Kier molecular flexibility index (Phi) is 4.10. The Hall–Kier alpha value is -2.70. The van der Waals surface area contributed by atoms with Crippen LogP contribution in [-0.2, 0) is 11.3 Å². The normalized spacial score (nSPS) is 17.6. The summed E-state index contributed by atoms with van der Waals surface area (Å²) in [4.78, 5) is 27.8. The predicted octanol–water partition coefficient (Wildman–Crippen LogP) is 1.14. The molecule has 7 nitrogen and oxygen atoms in total. The molecule has 0 saturated carbocycles. The van der Waals surface area contributed by atoms with Crippen LogP contribution in [0.3, 0.4) is 0 Å². The number of amides is 2. The molecule has 2 aromatic rings. The second kappa shape index (κ2) is 6.20. The van der Waals surface area contributed by atoms with E-state index in [0.717, 1.165) is 11.3 Å². The molecule has 0 radical (unpaired) electrons. The van der Waals surface area contributed by atoms with E-state index in [1.165, 1.54) is 11.0 Å². The van der Waals surface area contributed by atoms with E-state index in [2.05, 4.69) is 15.5 Å². The van der Waals surface area contributed by atoms with Crippen LogP contribution < -0.4 is 10.2 Å². The number of rotatable bonds is 4. The summed E-state index contributed by atoms with van der Waals surface area (Å²) in [5, 5.41) is 10.8. The van der Waals surface area contributed by atoms with Gasteiger partial charge in [0.1, 0.15) is 6.04 Å². The van der Waals surface area contributed by atoms with E-state index >= 15 is 0 Å². The number of carbonyl (C=O) groups is 2. The summed E-state index contributed by atoms with van der Waals surface area (Å²) in [6, 6.07) is 7.26. The molecule has 0 aliphatic carbocycles. The van der Waals surface area contributed by atoms with Crippen molar-refractivity contribution in [1.29, 1.82) is 0 Å². The first-order valence-electron chi connectivity index (χ1n) is 7.67. The van der Waals surface area contributed by atoms with Crippen molar-refractivity contribution in [3.05, 3.63) is 41.7 Å². The lowest BCUT2D eigenvalue weighted by Gasteiger charge is -2.17. The fourth-order valence-electron chi connectivity index (χ4n) is 2.58. The first kappa shape index (κ1) is 15.2. The van der Waals surface area contributed by atoms with Crippen LogP contribution in [0.25, 0.3) is 0 Å². The molecule has 1 aromatic carbocycles. The minimum atomic E-state index is -0.518. The van der Waals surface area contributed by atoms with Crippen molar-refractivity contribution in [1.82, 2.24) is 20.3 Å². The van der Waals surface area contributed by atoms with Gasteiger partial charge in [-0.05, 0) is 32.4 Å². The van der Waals surface area contributed by atoms with Crippen molar-refractivity contribution in [3.63, 3.8) is 0 Å². The van der Waals surface area contributed by atoms with Gasteiger partial charge in [-0.25, -0.2) is 0 Å². The number of aryl methyl sites for hydroxylation is 2. The molecule has 1 aliphatic heterocycles. The van der Waals surface area contributed by atoms with E-state index in [9.17, 15) is 9.59 Å². The Bertz CT molecular complexity index is 722. The highest BCUT2D eigenvalue weighted by molar-refractivity contribution is 6.03. The maximum Gasteiger partial charge on any atom is 0.274 e. The average Bonchev–Trinajstić information content (AvgIpc) is 3.16. The molecule has 1 N–H and O–H groups in total. The van der Waals surface area contributed by atoms with E-state index in [1.807, 2.05) is 38.1 Å². The van der Waals surface area contributed by atoms with Crippen LogP contribution in [0.2, 0.25) is 0 Å². The number of anilines is 1. The lowest BCUT2D eigenvalue weighted by Crippen LogP contribution is -2.41. The zero-order valence-corrected chi connectivity index (χ0v) is 13.2. The highest BCUT2D eigenvalue weighted by Gasteiger charge is 2.34. The molecule has 7 heteroatoms. The zero-order valence-electron chi connectivity index (χ0n) is 13.2. The molecule has 1 aliphatic rings. The summed E-state index contributed by atoms with van der Waals surface area (Å²) in [6.45, 7) is 5.08. The number of nitrogens with zero attached hydrogens (tertiary/aromatic N) is 4. The van der Waals surface area contributed by atoms with Crippen LogP contribution in [0.1, 0.15) is 29.4 Å². The van der Waals surface area contributed by atoms with Crippen molar-refractivity contribution < 1.29 is 9.59 Å². The first-order chi connectivity index (χ1) is 11.1. The molecular formula is C16H19N5O2. The molecular weight excluding hydrogens is 294 g/mol. The fourth-order valence-corrected chi connectivity index (χ4v) is 2.58. The molecule has 23 heavy (non-hydrogen) atoms. The fraction of sp³-hybridized carbons (Fsp3) is 0.375. The van der Waals surface area contributed by atoms with Crippen LogP contribution in [0.4, 0.5) is 5.69 Å². The van der Waals surface area contributed by atoms with E-state index in [0.29, 0.717) is 19.5 Å². The Morgan fingerprint density at radius 3 is 2.74 bits per heavy atom. The topological polar surface area (TPSA) is 80.1 Å². The van der Waals surface area contributed by atoms with E-state index in [-0.39, 0.29) is 17.5 Å². The highest BCUT2D eigenvalue weighted by Crippen LogP contribution is 2.22. The number of hydrogen-bond donors (Lipinski definition) is 1. The minimum Gasteiger partial charge on any atom is -0.339 e. The third-order valence-corrected chi connectivity index (χ3v) is 3.91. The molecule has 1 fully saturated rings. The number of aromatic nitrogens is 3. The van der Waals surface area contributed by atoms with Gasteiger partial charge in [0.25, 0.3) is 5.91 Å². The molecule has 2 amide bonds. The van der Waals surface area contributed by atoms with Gasteiger partial charge in [-0.3, -0.25) is 9.59 Å². The average molecular weight is 313 g/mol. The molecule has 0 bridgehead atoms. The van der Waals surface area contributed by atoms with E-state index in [1.54, 1.807) is 4.90 Å². The standard InChI is InChI=1S/C16H19N5O2/c1-3-21-17-10-14(19-21)15(22)18-13-8-9-20(16(13)23)12-6-4-11(2)5-7-12/h4-7,10,13H,3,8-9H2,1-2H3,(H,18,22). The number of hydrogen-bond acceptors (Lipinski definition) is 4. The third-order valence-electron chi connectivity index (χ3n) is 3.91. The summed E-state index contributed by atoms with van der Waals surface area (Å²) < 4.78 is 0. The van der Waals surface area contributed by atoms with Crippen molar-refractivity contribution in [2.75, 3.05) is 11.4 Å². The highest BCUT2D eigenvalue weighted by atomic mass is 16.2. The molecule has 3 rings (SSSR count). The summed E-state index contributed by atoms with van der Waals surface area (Å²) in [5.41, 5.74) is 2.23. The molecule has 1 unspecified atom stereocenters. The van der Waals surface area contributed by atoms with Gasteiger partial charge in [0.15, 0.2) is 5.69 Å². The molecule has 120 valence electrons. The van der Waals surface area contributed by atoms with Crippen LogP contribution in [0, 0.1) is 6.92 Å². The van der Waals surface area contributed by atoms with Crippen LogP contribution in [0.5, 0.6) is 0 Å². The molecule has 2 heterocycles. The van der Waals surface area contributed by atoms with Gasteiger partial charge >= 0.3 is 0 Å². The number of nitrogens with one attached hydrogen (secondary N) is 1. The Balaban J connectivity index is 1.67. The van der Waals surface area contributed by atoms with Gasteiger partial charge in [-0.15, -0.1) is 5.10 Å². The molecule has 0 spiro atoms. The second-order valence-corrected chi connectivity index (χ2v) is 5.56. The molecule has 1 saturated heterocycles. The van der Waals surface area contributed by atoms with Gasteiger partial charge in [-0.2, -0.15) is 9.90 Å². The van der Waals surface area contributed by atoms with Crippen molar-refractivity contribution in [2.24, 2.45) is 0 Å². The summed E-state index contributed by atoms with van der Waals surface area (Å²) in [5.74, 6) is -0.459. The zero-order chi connectivity index (χ0) is 16.4. The Morgan fingerprint density at radius 1 is 1.35 bits per heavy atom. The Labute approximate surface area is 134 Å². The minimum absolute atomic E-state index is 0.0925. The smallest absolute Gasteiger partial charge is 0.274 e. The monoisotopic (exact) mass is 313 g/mol. The van der Waals surface area contributed by atoms with E-state index < -0.39 is 6.04 Å². The summed E-state index contributed by atoms with van der Waals surface area (Å²) in [7, 11) is 0. The summed E-state index contributed by atoms with van der Waals surface area (Å²) >= 11 is 0. The quantitative estimate of drug-likeness (QED) is 0.918. The number of carbonyl (C=O) groups excluding carboxylic acids is 2. The SMILES string of the molecule is CCn1ncc(C(=O)NC2CCN(c3ccc(C)cc3)C2=O)n1. The predicted molar refractivity (Wildman–Crippen MR) is 85.1 cm³/mol. The lowest BCUT2D eigenvalue weighted by molar-refractivity contribution is -0.118. The van der Waals surface area contributed by atoms with Crippen LogP contribution >= 0.6 is 0 Å². The van der Waals surface area contributed by atoms with Crippen LogP contribution in [0.15, 0.2) is 30.5 Å².